The molecule has 0 fully saturated rings. The van der Waals surface area contributed by atoms with Crippen LogP contribution < -0.4 is 10.1 Å². The number of nitrogens with one attached hydrogen (secondary N) is 1. The molecule has 3 aromatic rings. The molecule has 0 bridgehead atoms. The van der Waals surface area contributed by atoms with Gasteiger partial charge in [0.25, 0.3) is 5.91 Å². The fraction of sp³-hybridized carbons (Fsp3) is 0.158. The lowest BCUT2D eigenvalue weighted by molar-refractivity contribution is 0.0966. The second-order valence-electron chi connectivity index (χ2n) is 5.77. The van der Waals surface area contributed by atoms with Crippen molar-refractivity contribution in [3.63, 3.8) is 0 Å². The first kappa shape index (κ1) is 14.5. The van der Waals surface area contributed by atoms with Crippen LogP contribution in [0.3, 0.4) is 0 Å². The summed E-state index contributed by atoms with van der Waals surface area (Å²) in [6, 6.07) is 17.9. The fourth-order valence-corrected chi connectivity index (χ4v) is 2.97. The van der Waals surface area contributed by atoms with Gasteiger partial charge in [0, 0.05) is 23.7 Å². The third kappa shape index (κ3) is 2.54. The van der Waals surface area contributed by atoms with Crippen LogP contribution in [0.2, 0.25) is 0 Å². The van der Waals surface area contributed by atoms with E-state index in [2.05, 4.69) is 22.5 Å². The first-order valence-corrected chi connectivity index (χ1v) is 7.82. The molecule has 2 heterocycles. The summed E-state index contributed by atoms with van der Waals surface area (Å²) >= 11 is 0. The molecule has 0 unspecified atom stereocenters. The standard InChI is InChI=1S/C19H17N3O2/c1-24-18-10-17(21-22(18)12-13-5-3-2-4-6-13)14-7-8-16-15(9-14)11-20-19(16)23/h2-10H,11-12H2,1H3,(H,20,23). The Hall–Kier alpha value is -3.08. The van der Waals surface area contributed by atoms with Crippen LogP contribution in [0.15, 0.2) is 54.6 Å². The van der Waals surface area contributed by atoms with Gasteiger partial charge in [0.05, 0.1) is 19.3 Å². The number of benzene rings is 2. The molecular formula is C19H17N3O2. The lowest BCUT2D eigenvalue weighted by Gasteiger charge is -2.05. The Kier molecular flexibility index (Phi) is 3.54. The number of aromatic nitrogens is 2. The minimum atomic E-state index is -0.0104. The highest BCUT2D eigenvalue weighted by Gasteiger charge is 2.20. The van der Waals surface area contributed by atoms with Crippen LogP contribution in [0, 0.1) is 0 Å². The number of hydrogen-bond acceptors (Lipinski definition) is 3. The number of methoxy groups -OCH3 is 1. The molecule has 24 heavy (non-hydrogen) atoms. The minimum Gasteiger partial charge on any atom is -0.481 e. The molecule has 0 aliphatic carbocycles. The first-order valence-electron chi connectivity index (χ1n) is 7.82. The third-order valence-electron chi connectivity index (χ3n) is 4.21. The van der Waals surface area contributed by atoms with E-state index in [1.54, 1.807) is 7.11 Å². The summed E-state index contributed by atoms with van der Waals surface area (Å²) in [5.41, 5.74) is 4.73. The van der Waals surface area contributed by atoms with Crippen molar-refractivity contribution in [2.24, 2.45) is 0 Å². The smallest absolute Gasteiger partial charge is 0.251 e. The van der Waals surface area contributed by atoms with E-state index in [0.717, 1.165) is 27.9 Å². The van der Waals surface area contributed by atoms with Gasteiger partial charge in [-0.15, -0.1) is 0 Å². The lowest BCUT2D eigenvalue weighted by Crippen LogP contribution is -2.12. The maximum atomic E-state index is 11.7. The Morgan fingerprint density at radius 1 is 1.17 bits per heavy atom. The summed E-state index contributed by atoms with van der Waals surface area (Å²) in [5, 5.41) is 7.51. The Labute approximate surface area is 139 Å². The van der Waals surface area contributed by atoms with Gasteiger partial charge in [-0.3, -0.25) is 4.79 Å². The molecule has 2 aromatic carbocycles. The summed E-state index contributed by atoms with van der Waals surface area (Å²) in [5.74, 6) is 0.701. The number of rotatable bonds is 4. The van der Waals surface area contributed by atoms with Gasteiger partial charge in [0.15, 0.2) is 0 Å². The number of ether oxygens (including phenoxy) is 1. The second kappa shape index (κ2) is 5.85. The maximum Gasteiger partial charge on any atom is 0.251 e. The molecule has 0 saturated carbocycles. The molecule has 1 N–H and O–H groups in total. The van der Waals surface area contributed by atoms with Crippen molar-refractivity contribution in [3.05, 3.63) is 71.3 Å². The van der Waals surface area contributed by atoms with E-state index >= 15 is 0 Å². The van der Waals surface area contributed by atoms with Crippen LogP contribution in [0.4, 0.5) is 0 Å². The van der Waals surface area contributed by atoms with Crippen LogP contribution in [-0.4, -0.2) is 22.8 Å². The molecule has 1 aliphatic heterocycles. The molecule has 0 spiro atoms. The predicted octanol–water partition coefficient (Wildman–Crippen LogP) is 2.85. The van der Waals surface area contributed by atoms with Crippen LogP contribution >= 0.6 is 0 Å². The van der Waals surface area contributed by atoms with Crippen molar-refractivity contribution in [2.45, 2.75) is 13.1 Å². The Morgan fingerprint density at radius 2 is 2.00 bits per heavy atom. The normalized spacial score (nSPS) is 12.8. The van der Waals surface area contributed by atoms with E-state index in [1.807, 2.05) is 47.1 Å². The first-order chi connectivity index (χ1) is 11.7. The van der Waals surface area contributed by atoms with E-state index in [1.165, 1.54) is 0 Å². The molecule has 0 saturated heterocycles. The maximum absolute atomic E-state index is 11.7. The quantitative estimate of drug-likeness (QED) is 0.804. The summed E-state index contributed by atoms with van der Waals surface area (Å²) in [6.45, 7) is 1.22. The highest BCUT2D eigenvalue weighted by atomic mass is 16.5. The van der Waals surface area contributed by atoms with Gasteiger partial charge in [-0.25, -0.2) is 4.68 Å². The molecule has 0 atom stereocenters. The van der Waals surface area contributed by atoms with E-state index in [-0.39, 0.29) is 5.91 Å². The number of fused-ring (bicyclic) bond motifs is 1. The van der Waals surface area contributed by atoms with E-state index in [4.69, 9.17) is 4.74 Å². The topological polar surface area (TPSA) is 56.1 Å². The van der Waals surface area contributed by atoms with Crippen molar-refractivity contribution in [1.82, 2.24) is 15.1 Å². The zero-order chi connectivity index (χ0) is 16.5. The lowest BCUT2D eigenvalue weighted by atomic mass is 10.0. The van der Waals surface area contributed by atoms with Crippen molar-refractivity contribution in [1.29, 1.82) is 0 Å². The predicted molar refractivity (Wildman–Crippen MR) is 90.9 cm³/mol. The van der Waals surface area contributed by atoms with E-state index < -0.39 is 0 Å². The Bertz CT molecular complexity index is 900. The summed E-state index contributed by atoms with van der Waals surface area (Å²) in [4.78, 5) is 11.7. The minimum absolute atomic E-state index is 0.0104. The number of carbonyl (C=O) groups is 1. The van der Waals surface area contributed by atoms with E-state index in [0.29, 0.717) is 19.0 Å². The molecule has 1 aliphatic rings. The summed E-state index contributed by atoms with van der Waals surface area (Å²) < 4.78 is 7.31. The van der Waals surface area contributed by atoms with E-state index in [9.17, 15) is 4.79 Å². The SMILES string of the molecule is COc1cc(-c2ccc3c(c2)CNC3=O)nn1Cc1ccccc1. The number of carbonyl (C=O) groups excluding carboxylic acids is 1. The van der Waals surface area contributed by atoms with Gasteiger partial charge in [0.1, 0.15) is 0 Å². The Balaban J connectivity index is 1.68. The number of nitrogens with zero attached hydrogens (tertiary/aromatic N) is 2. The molecule has 120 valence electrons. The highest BCUT2D eigenvalue weighted by Crippen LogP contribution is 2.27. The molecule has 4 rings (SSSR count). The average molecular weight is 319 g/mol. The zero-order valence-electron chi connectivity index (χ0n) is 13.3. The summed E-state index contributed by atoms with van der Waals surface area (Å²) in [7, 11) is 1.65. The third-order valence-corrected chi connectivity index (χ3v) is 4.21. The van der Waals surface area contributed by atoms with Gasteiger partial charge in [0.2, 0.25) is 5.88 Å². The average Bonchev–Trinajstić information content (AvgIpc) is 3.19. The van der Waals surface area contributed by atoms with Gasteiger partial charge >= 0.3 is 0 Å². The summed E-state index contributed by atoms with van der Waals surface area (Å²) in [6.07, 6.45) is 0. The van der Waals surface area contributed by atoms with Crippen molar-refractivity contribution in [3.8, 4) is 17.1 Å². The molecule has 0 radical (unpaired) electrons. The second-order valence-corrected chi connectivity index (χ2v) is 5.77. The van der Waals surface area contributed by atoms with Crippen molar-refractivity contribution < 1.29 is 9.53 Å². The molecule has 1 aromatic heterocycles. The van der Waals surface area contributed by atoms with Gasteiger partial charge < -0.3 is 10.1 Å². The largest absolute Gasteiger partial charge is 0.481 e. The van der Waals surface area contributed by atoms with Crippen LogP contribution in [0.1, 0.15) is 21.5 Å². The van der Waals surface area contributed by atoms with Gasteiger partial charge in [-0.2, -0.15) is 5.10 Å². The fourth-order valence-electron chi connectivity index (χ4n) is 2.97. The number of hydrogen-bond donors (Lipinski definition) is 1. The van der Waals surface area contributed by atoms with Gasteiger partial charge in [-0.05, 0) is 23.3 Å². The van der Waals surface area contributed by atoms with Crippen molar-refractivity contribution >= 4 is 5.91 Å². The number of amides is 1. The Morgan fingerprint density at radius 3 is 2.79 bits per heavy atom. The molecule has 5 heteroatoms. The monoisotopic (exact) mass is 319 g/mol. The van der Waals surface area contributed by atoms with Crippen molar-refractivity contribution in [2.75, 3.05) is 7.11 Å². The van der Waals surface area contributed by atoms with Crippen LogP contribution in [0.5, 0.6) is 5.88 Å². The van der Waals surface area contributed by atoms with Crippen LogP contribution in [-0.2, 0) is 13.1 Å². The highest BCUT2D eigenvalue weighted by molar-refractivity contribution is 5.98. The zero-order valence-corrected chi connectivity index (χ0v) is 13.3. The molecule has 5 nitrogen and oxygen atoms in total. The van der Waals surface area contributed by atoms with Crippen LogP contribution in [0.25, 0.3) is 11.3 Å². The molecular weight excluding hydrogens is 302 g/mol. The van der Waals surface area contributed by atoms with Gasteiger partial charge in [-0.1, -0.05) is 36.4 Å². The molecule has 1 amide bonds.